The molecule has 0 aromatic heterocycles. The Kier molecular flexibility index (Phi) is 4.89. The van der Waals surface area contributed by atoms with Gasteiger partial charge in [0.25, 0.3) is 5.69 Å². The zero-order chi connectivity index (χ0) is 15.2. The van der Waals surface area contributed by atoms with Gasteiger partial charge in [-0.05, 0) is 11.6 Å². The van der Waals surface area contributed by atoms with Gasteiger partial charge in [-0.3, -0.25) is 15.4 Å². The molecule has 0 fully saturated rings. The van der Waals surface area contributed by atoms with E-state index in [9.17, 15) is 14.9 Å². The smallest absolute Gasteiger partial charge is 0.411 e. The molecule has 2 rings (SSSR count). The Morgan fingerprint density at radius 2 is 1.95 bits per heavy atom. The standard InChI is InChI=1S/C14H11BrN2O4/c15-11-6-12(8-13(7-11)17(19)20)16-14(18)21-9-10-4-2-1-3-5-10/h1-8H,9H2,(H,16,18). The zero-order valence-electron chi connectivity index (χ0n) is 10.8. The minimum Gasteiger partial charge on any atom is -0.444 e. The second-order valence-electron chi connectivity index (χ2n) is 4.14. The van der Waals surface area contributed by atoms with Gasteiger partial charge in [0.15, 0.2) is 0 Å². The van der Waals surface area contributed by atoms with E-state index in [1.165, 1.54) is 12.1 Å². The van der Waals surface area contributed by atoms with Crippen LogP contribution in [0.1, 0.15) is 5.56 Å². The van der Waals surface area contributed by atoms with E-state index < -0.39 is 11.0 Å². The van der Waals surface area contributed by atoms with E-state index in [0.717, 1.165) is 5.56 Å². The lowest BCUT2D eigenvalue weighted by Crippen LogP contribution is -2.13. The maximum atomic E-state index is 11.7. The summed E-state index contributed by atoms with van der Waals surface area (Å²) in [5, 5.41) is 13.2. The van der Waals surface area contributed by atoms with Crippen molar-refractivity contribution in [2.45, 2.75) is 6.61 Å². The number of hydrogen-bond acceptors (Lipinski definition) is 4. The Bertz CT molecular complexity index is 661. The maximum absolute atomic E-state index is 11.7. The first-order valence-corrected chi connectivity index (χ1v) is 6.76. The Morgan fingerprint density at radius 1 is 1.24 bits per heavy atom. The van der Waals surface area contributed by atoms with E-state index in [0.29, 0.717) is 4.47 Å². The van der Waals surface area contributed by atoms with Gasteiger partial charge in [-0.2, -0.15) is 0 Å². The molecule has 7 heteroatoms. The Balaban J connectivity index is 1.98. The number of nitro groups is 1. The third kappa shape index (κ3) is 4.57. The molecular weight excluding hydrogens is 340 g/mol. The van der Waals surface area contributed by atoms with Crippen LogP contribution in [-0.4, -0.2) is 11.0 Å². The van der Waals surface area contributed by atoms with Crippen LogP contribution in [0.4, 0.5) is 16.2 Å². The molecule has 1 amide bonds. The molecule has 21 heavy (non-hydrogen) atoms. The van der Waals surface area contributed by atoms with E-state index in [1.807, 2.05) is 30.3 Å². The highest BCUT2D eigenvalue weighted by Crippen LogP contribution is 2.24. The fourth-order valence-electron chi connectivity index (χ4n) is 1.63. The van der Waals surface area contributed by atoms with Gasteiger partial charge in [0.05, 0.1) is 10.6 Å². The molecule has 2 aromatic carbocycles. The summed E-state index contributed by atoms with van der Waals surface area (Å²) in [6.07, 6.45) is -0.675. The number of non-ortho nitro benzene ring substituents is 1. The van der Waals surface area contributed by atoms with Gasteiger partial charge >= 0.3 is 6.09 Å². The zero-order valence-corrected chi connectivity index (χ0v) is 12.4. The highest BCUT2D eigenvalue weighted by atomic mass is 79.9. The van der Waals surface area contributed by atoms with Gasteiger partial charge in [-0.15, -0.1) is 0 Å². The van der Waals surface area contributed by atoms with Crippen molar-refractivity contribution in [1.82, 2.24) is 0 Å². The SMILES string of the molecule is O=C(Nc1cc(Br)cc([N+](=O)[O-])c1)OCc1ccccc1. The van der Waals surface area contributed by atoms with Gasteiger partial charge in [0.1, 0.15) is 6.61 Å². The fourth-order valence-corrected chi connectivity index (χ4v) is 2.11. The van der Waals surface area contributed by atoms with Crippen molar-refractivity contribution in [2.75, 3.05) is 5.32 Å². The molecule has 0 saturated carbocycles. The maximum Gasteiger partial charge on any atom is 0.411 e. The molecule has 0 spiro atoms. The number of ether oxygens (including phenoxy) is 1. The molecule has 0 radical (unpaired) electrons. The highest BCUT2D eigenvalue weighted by molar-refractivity contribution is 9.10. The van der Waals surface area contributed by atoms with Crippen LogP contribution in [0.2, 0.25) is 0 Å². The molecule has 0 unspecified atom stereocenters. The number of halogens is 1. The van der Waals surface area contributed by atoms with Crippen molar-refractivity contribution in [2.24, 2.45) is 0 Å². The van der Waals surface area contributed by atoms with Gasteiger partial charge in [0.2, 0.25) is 0 Å². The number of nitrogens with zero attached hydrogens (tertiary/aromatic N) is 1. The van der Waals surface area contributed by atoms with Crippen LogP contribution < -0.4 is 5.32 Å². The Labute approximate surface area is 129 Å². The summed E-state index contributed by atoms with van der Waals surface area (Å²) >= 11 is 3.15. The second-order valence-corrected chi connectivity index (χ2v) is 5.06. The average Bonchev–Trinajstić information content (AvgIpc) is 2.45. The second kappa shape index (κ2) is 6.85. The first-order chi connectivity index (χ1) is 10.0. The van der Waals surface area contributed by atoms with Crippen molar-refractivity contribution in [1.29, 1.82) is 0 Å². The first-order valence-electron chi connectivity index (χ1n) is 5.97. The van der Waals surface area contributed by atoms with Gasteiger partial charge in [0, 0.05) is 16.6 Å². The van der Waals surface area contributed by atoms with Crippen molar-refractivity contribution in [3.8, 4) is 0 Å². The average molecular weight is 351 g/mol. The summed E-state index contributed by atoms with van der Waals surface area (Å²) in [6.45, 7) is 0.128. The summed E-state index contributed by atoms with van der Waals surface area (Å²) in [5.74, 6) is 0. The Morgan fingerprint density at radius 3 is 2.62 bits per heavy atom. The molecule has 0 bridgehead atoms. The molecule has 0 atom stereocenters. The van der Waals surface area contributed by atoms with E-state index >= 15 is 0 Å². The highest BCUT2D eigenvalue weighted by Gasteiger charge is 2.11. The van der Waals surface area contributed by atoms with Crippen molar-refractivity contribution < 1.29 is 14.5 Å². The molecule has 2 aromatic rings. The summed E-state index contributed by atoms with van der Waals surface area (Å²) < 4.78 is 5.53. The normalized spacial score (nSPS) is 9.95. The number of hydrogen-bond donors (Lipinski definition) is 1. The first kappa shape index (κ1) is 15.0. The monoisotopic (exact) mass is 350 g/mol. The molecule has 0 saturated heterocycles. The number of anilines is 1. The molecule has 0 heterocycles. The van der Waals surface area contributed by atoms with Crippen LogP contribution in [0.5, 0.6) is 0 Å². The molecular formula is C14H11BrN2O4. The molecule has 6 nitrogen and oxygen atoms in total. The number of benzene rings is 2. The van der Waals surface area contributed by atoms with E-state index in [2.05, 4.69) is 21.2 Å². The van der Waals surface area contributed by atoms with E-state index in [1.54, 1.807) is 6.07 Å². The molecule has 0 aliphatic rings. The minimum absolute atomic E-state index is 0.122. The molecule has 0 aliphatic heterocycles. The van der Waals surface area contributed by atoms with Crippen LogP contribution in [0.25, 0.3) is 0 Å². The van der Waals surface area contributed by atoms with Crippen molar-refractivity contribution >= 4 is 33.4 Å². The third-order valence-electron chi connectivity index (χ3n) is 2.55. The number of amides is 1. The van der Waals surface area contributed by atoms with E-state index in [-0.39, 0.29) is 18.0 Å². The lowest BCUT2D eigenvalue weighted by molar-refractivity contribution is -0.384. The summed E-state index contributed by atoms with van der Waals surface area (Å²) in [4.78, 5) is 21.9. The third-order valence-corrected chi connectivity index (χ3v) is 3.01. The minimum atomic E-state index is -0.675. The van der Waals surface area contributed by atoms with Crippen LogP contribution in [0.15, 0.2) is 53.0 Å². The topological polar surface area (TPSA) is 81.5 Å². The van der Waals surface area contributed by atoms with E-state index in [4.69, 9.17) is 4.74 Å². The summed E-state index contributed by atoms with van der Waals surface area (Å²) in [5.41, 5.74) is 1.02. The predicted octanol–water partition coefficient (Wildman–Crippen LogP) is 4.11. The van der Waals surface area contributed by atoms with Gasteiger partial charge < -0.3 is 4.74 Å². The lowest BCUT2D eigenvalue weighted by Gasteiger charge is -2.07. The summed E-state index contributed by atoms with van der Waals surface area (Å²) in [7, 11) is 0. The lowest BCUT2D eigenvalue weighted by atomic mass is 10.2. The number of rotatable bonds is 4. The van der Waals surface area contributed by atoms with Crippen LogP contribution in [-0.2, 0) is 11.3 Å². The number of carbonyl (C=O) groups excluding carboxylic acids is 1. The van der Waals surface area contributed by atoms with Crippen molar-refractivity contribution in [3.63, 3.8) is 0 Å². The molecule has 1 N–H and O–H groups in total. The number of carbonyl (C=O) groups is 1. The fraction of sp³-hybridized carbons (Fsp3) is 0.0714. The van der Waals surface area contributed by atoms with Crippen LogP contribution in [0, 0.1) is 10.1 Å². The number of nitro benzene ring substituents is 1. The largest absolute Gasteiger partial charge is 0.444 e. The van der Waals surface area contributed by atoms with Crippen molar-refractivity contribution in [3.05, 3.63) is 68.7 Å². The quantitative estimate of drug-likeness (QED) is 0.664. The van der Waals surface area contributed by atoms with Crippen LogP contribution in [0.3, 0.4) is 0 Å². The molecule has 108 valence electrons. The number of nitrogens with one attached hydrogen (secondary N) is 1. The van der Waals surface area contributed by atoms with Crippen LogP contribution >= 0.6 is 15.9 Å². The van der Waals surface area contributed by atoms with Gasteiger partial charge in [-0.25, -0.2) is 4.79 Å². The van der Waals surface area contributed by atoms with Gasteiger partial charge in [-0.1, -0.05) is 46.3 Å². The molecule has 0 aliphatic carbocycles. The predicted molar refractivity (Wildman–Crippen MR) is 81.0 cm³/mol. The Hall–Kier alpha value is -2.41. The summed E-state index contributed by atoms with van der Waals surface area (Å²) in [6, 6.07) is 13.4.